The van der Waals surface area contributed by atoms with Gasteiger partial charge in [0.25, 0.3) is 0 Å². The fourth-order valence-electron chi connectivity index (χ4n) is 1.80. The van der Waals surface area contributed by atoms with Crippen LogP contribution in [0.1, 0.15) is 18.5 Å². The monoisotopic (exact) mass is 245 g/mol. The molecule has 0 spiro atoms. The number of ether oxygens (including phenoxy) is 1. The molecule has 1 atom stereocenters. The molecule has 0 radical (unpaired) electrons. The molecule has 0 aliphatic carbocycles. The summed E-state index contributed by atoms with van der Waals surface area (Å²) < 4.78 is 18.2. The van der Waals surface area contributed by atoms with E-state index in [2.05, 4.69) is 5.32 Å². The largest absolute Gasteiger partial charge is 0.497 e. The number of methoxy groups -OCH3 is 1. The Labute approximate surface area is 106 Å². The fourth-order valence-corrected chi connectivity index (χ4v) is 1.80. The van der Waals surface area contributed by atoms with Crippen molar-refractivity contribution in [3.63, 3.8) is 0 Å². The lowest BCUT2D eigenvalue weighted by Crippen LogP contribution is -2.06. The maximum atomic E-state index is 13.1. The minimum Gasteiger partial charge on any atom is -0.497 e. The van der Waals surface area contributed by atoms with Gasteiger partial charge < -0.3 is 10.1 Å². The molecule has 0 amide bonds. The Morgan fingerprint density at radius 1 is 1.11 bits per heavy atom. The van der Waals surface area contributed by atoms with E-state index in [-0.39, 0.29) is 11.9 Å². The van der Waals surface area contributed by atoms with E-state index in [9.17, 15) is 4.39 Å². The lowest BCUT2D eigenvalue weighted by atomic mass is 10.1. The van der Waals surface area contributed by atoms with Gasteiger partial charge in [0.05, 0.1) is 7.11 Å². The number of halogens is 1. The van der Waals surface area contributed by atoms with E-state index in [0.29, 0.717) is 0 Å². The average Bonchev–Trinajstić information content (AvgIpc) is 2.39. The molecule has 2 aromatic rings. The molecule has 0 fully saturated rings. The van der Waals surface area contributed by atoms with Crippen LogP contribution in [-0.4, -0.2) is 7.11 Å². The number of nitrogens with one attached hydrogen (secondary N) is 1. The van der Waals surface area contributed by atoms with Gasteiger partial charge in [-0.1, -0.05) is 12.1 Å². The summed E-state index contributed by atoms with van der Waals surface area (Å²) in [5.74, 6) is 0.606. The predicted octanol–water partition coefficient (Wildman–Crippen LogP) is 4.01. The SMILES string of the molecule is COc1ccc(NC(C)c2cccc(F)c2)cc1. The Kier molecular flexibility index (Phi) is 3.82. The highest BCUT2D eigenvalue weighted by Crippen LogP contribution is 2.21. The lowest BCUT2D eigenvalue weighted by Gasteiger charge is -2.16. The quantitative estimate of drug-likeness (QED) is 0.878. The maximum absolute atomic E-state index is 13.1. The van der Waals surface area contributed by atoms with Gasteiger partial charge >= 0.3 is 0 Å². The van der Waals surface area contributed by atoms with Crippen molar-refractivity contribution < 1.29 is 9.13 Å². The van der Waals surface area contributed by atoms with E-state index in [4.69, 9.17) is 4.74 Å². The molecule has 0 aliphatic rings. The van der Waals surface area contributed by atoms with Crippen LogP contribution in [-0.2, 0) is 0 Å². The molecule has 18 heavy (non-hydrogen) atoms. The predicted molar refractivity (Wildman–Crippen MR) is 71.4 cm³/mol. The van der Waals surface area contributed by atoms with Gasteiger partial charge in [-0.25, -0.2) is 4.39 Å². The van der Waals surface area contributed by atoms with Crippen LogP contribution in [0.4, 0.5) is 10.1 Å². The highest BCUT2D eigenvalue weighted by molar-refractivity contribution is 5.48. The molecular weight excluding hydrogens is 229 g/mol. The second kappa shape index (κ2) is 5.54. The number of benzene rings is 2. The van der Waals surface area contributed by atoms with Crippen LogP contribution in [0.25, 0.3) is 0 Å². The summed E-state index contributed by atoms with van der Waals surface area (Å²) in [6.45, 7) is 2.00. The number of anilines is 1. The van der Waals surface area contributed by atoms with E-state index >= 15 is 0 Å². The molecule has 0 heterocycles. The summed E-state index contributed by atoms with van der Waals surface area (Å²) >= 11 is 0. The van der Waals surface area contributed by atoms with Crippen LogP contribution in [0, 0.1) is 5.82 Å². The summed E-state index contributed by atoms with van der Waals surface area (Å²) in [5, 5.41) is 3.31. The van der Waals surface area contributed by atoms with Gasteiger partial charge in [-0.15, -0.1) is 0 Å². The molecule has 2 nitrogen and oxygen atoms in total. The Morgan fingerprint density at radius 3 is 2.44 bits per heavy atom. The van der Waals surface area contributed by atoms with Crippen molar-refractivity contribution in [1.29, 1.82) is 0 Å². The first-order valence-corrected chi connectivity index (χ1v) is 5.85. The van der Waals surface area contributed by atoms with Gasteiger partial charge in [0.15, 0.2) is 0 Å². The van der Waals surface area contributed by atoms with E-state index in [1.807, 2.05) is 37.3 Å². The van der Waals surface area contributed by atoms with Crippen molar-refractivity contribution in [2.75, 3.05) is 12.4 Å². The van der Waals surface area contributed by atoms with E-state index in [1.54, 1.807) is 19.2 Å². The Hall–Kier alpha value is -2.03. The van der Waals surface area contributed by atoms with Crippen molar-refractivity contribution in [3.8, 4) is 5.75 Å². The molecule has 94 valence electrons. The van der Waals surface area contributed by atoms with Crippen molar-refractivity contribution in [1.82, 2.24) is 0 Å². The third-order valence-electron chi connectivity index (χ3n) is 2.82. The normalized spacial score (nSPS) is 11.9. The molecule has 1 unspecified atom stereocenters. The smallest absolute Gasteiger partial charge is 0.123 e. The van der Waals surface area contributed by atoms with Crippen LogP contribution in [0.15, 0.2) is 48.5 Å². The highest BCUT2D eigenvalue weighted by atomic mass is 19.1. The minimum atomic E-state index is -0.212. The molecule has 0 bridgehead atoms. The van der Waals surface area contributed by atoms with Gasteiger partial charge in [-0.3, -0.25) is 0 Å². The molecule has 3 heteroatoms. The standard InChI is InChI=1S/C15H16FNO/c1-11(12-4-3-5-13(16)10-12)17-14-6-8-15(18-2)9-7-14/h3-11,17H,1-2H3. The first-order valence-electron chi connectivity index (χ1n) is 5.85. The van der Waals surface area contributed by atoms with Crippen LogP contribution in [0.3, 0.4) is 0 Å². The van der Waals surface area contributed by atoms with Crippen molar-refractivity contribution in [2.45, 2.75) is 13.0 Å². The number of hydrogen-bond donors (Lipinski definition) is 1. The molecule has 1 N–H and O–H groups in total. The van der Waals surface area contributed by atoms with Crippen LogP contribution >= 0.6 is 0 Å². The summed E-state index contributed by atoms with van der Waals surface area (Å²) in [6.07, 6.45) is 0. The molecule has 0 saturated carbocycles. The van der Waals surface area contributed by atoms with Crippen molar-refractivity contribution in [2.24, 2.45) is 0 Å². The second-order valence-corrected chi connectivity index (χ2v) is 4.15. The zero-order chi connectivity index (χ0) is 13.0. The second-order valence-electron chi connectivity index (χ2n) is 4.15. The molecular formula is C15H16FNO. The van der Waals surface area contributed by atoms with Gasteiger partial charge in [0.1, 0.15) is 11.6 Å². The summed E-state index contributed by atoms with van der Waals surface area (Å²) in [6, 6.07) is 14.3. The zero-order valence-corrected chi connectivity index (χ0v) is 10.5. The zero-order valence-electron chi connectivity index (χ0n) is 10.5. The lowest BCUT2D eigenvalue weighted by molar-refractivity contribution is 0.415. The number of rotatable bonds is 4. The first kappa shape index (κ1) is 12.4. The summed E-state index contributed by atoms with van der Waals surface area (Å²) in [7, 11) is 1.64. The third-order valence-corrected chi connectivity index (χ3v) is 2.82. The van der Waals surface area contributed by atoms with Gasteiger partial charge in [-0.2, -0.15) is 0 Å². The molecule has 0 saturated heterocycles. The van der Waals surface area contributed by atoms with E-state index in [0.717, 1.165) is 17.0 Å². The van der Waals surface area contributed by atoms with E-state index in [1.165, 1.54) is 6.07 Å². The minimum absolute atomic E-state index is 0.0501. The van der Waals surface area contributed by atoms with Crippen molar-refractivity contribution >= 4 is 5.69 Å². The van der Waals surface area contributed by atoms with Gasteiger partial charge in [-0.05, 0) is 48.9 Å². The van der Waals surface area contributed by atoms with E-state index < -0.39 is 0 Å². The maximum Gasteiger partial charge on any atom is 0.123 e. The van der Waals surface area contributed by atoms with Crippen LogP contribution in [0.5, 0.6) is 5.75 Å². The molecule has 2 aromatic carbocycles. The van der Waals surface area contributed by atoms with Crippen LogP contribution < -0.4 is 10.1 Å². The highest BCUT2D eigenvalue weighted by Gasteiger charge is 2.06. The third kappa shape index (κ3) is 3.00. The average molecular weight is 245 g/mol. The Balaban J connectivity index is 2.08. The van der Waals surface area contributed by atoms with Gasteiger partial charge in [0.2, 0.25) is 0 Å². The molecule has 0 aromatic heterocycles. The summed E-state index contributed by atoms with van der Waals surface area (Å²) in [4.78, 5) is 0. The topological polar surface area (TPSA) is 21.3 Å². The molecule has 0 aliphatic heterocycles. The van der Waals surface area contributed by atoms with Crippen LogP contribution in [0.2, 0.25) is 0 Å². The van der Waals surface area contributed by atoms with Gasteiger partial charge in [0, 0.05) is 11.7 Å². The Bertz CT molecular complexity index is 510. The van der Waals surface area contributed by atoms with Crippen molar-refractivity contribution in [3.05, 3.63) is 59.9 Å². The number of hydrogen-bond acceptors (Lipinski definition) is 2. The first-order chi connectivity index (χ1) is 8.69. The Morgan fingerprint density at radius 2 is 1.83 bits per heavy atom. The summed E-state index contributed by atoms with van der Waals surface area (Å²) in [5.41, 5.74) is 1.90. The molecule has 2 rings (SSSR count). The fraction of sp³-hybridized carbons (Fsp3) is 0.200.